The molecule has 0 atom stereocenters. The molecule has 2 rings (SSSR count). The van der Waals surface area contributed by atoms with E-state index in [0.29, 0.717) is 0 Å². The van der Waals surface area contributed by atoms with Gasteiger partial charge in [-0.15, -0.1) is 11.3 Å². The molecule has 102 valence electrons. The third kappa shape index (κ3) is 3.81. The summed E-state index contributed by atoms with van der Waals surface area (Å²) in [6, 6.07) is 1.93. The molecule has 0 bridgehead atoms. The number of anilines is 2. The van der Waals surface area contributed by atoms with Gasteiger partial charge in [0.25, 0.3) is 0 Å². The van der Waals surface area contributed by atoms with Crippen LogP contribution < -0.4 is 10.6 Å². The highest BCUT2D eigenvalue weighted by Gasteiger charge is 2.05. The van der Waals surface area contributed by atoms with Crippen LogP contribution in [0.25, 0.3) is 0 Å². The first-order valence-corrected chi connectivity index (χ1v) is 8.13. The summed E-state index contributed by atoms with van der Waals surface area (Å²) < 4.78 is 0. The van der Waals surface area contributed by atoms with Crippen LogP contribution in [0.5, 0.6) is 0 Å². The molecule has 0 radical (unpaired) electrons. The highest BCUT2D eigenvalue weighted by Crippen LogP contribution is 2.19. The maximum absolute atomic E-state index is 4.45. The van der Waals surface area contributed by atoms with Crippen molar-refractivity contribution in [1.29, 1.82) is 0 Å². The average Bonchev–Trinajstić information content (AvgIpc) is 2.82. The molecule has 0 saturated carbocycles. The Balaban J connectivity index is 2.10. The number of nitrogens with one attached hydrogen (secondary N) is 2. The first-order valence-electron chi connectivity index (χ1n) is 6.02. The molecule has 0 fully saturated rings. The van der Waals surface area contributed by atoms with Crippen molar-refractivity contribution < 1.29 is 0 Å². The van der Waals surface area contributed by atoms with E-state index in [9.17, 15) is 0 Å². The van der Waals surface area contributed by atoms with Crippen LogP contribution in [0.4, 0.5) is 11.6 Å². The van der Waals surface area contributed by atoms with E-state index in [0.717, 1.165) is 35.6 Å². The summed E-state index contributed by atoms with van der Waals surface area (Å²) in [6.07, 6.45) is 1.97. The van der Waals surface area contributed by atoms with E-state index in [1.807, 2.05) is 24.8 Å². The Bertz CT molecular complexity index is 541. The number of hydrogen-bond acceptors (Lipinski definition) is 7. The van der Waals surface area contributed by atoms with Crippen molar-refractivity contribution in [2.24, 2.45) is 0 Å². The minimum absolute atomic E-state index is 0.743. The zero-order chi connectivity index (χ0) is 13.7. The number of aromatic nitrogens is 3. The van der Waals surface area contributed by atoms with Crippen LogP contribution in [-0.2, 0) is 6.54 Å². The average molecular weight is 295 g/mol. The maximum Gasteiger partial charge on any atom is 0.191 e. The second-order valence-corrected chi connectivity index (χ2v) is 5.58. The van der Waals surface area contributed by atoms with Gasteiger partial charge in [-0.25, -0.2) is 15.0 Å². The molecule has 5 nitrogen and oxygen atoms in total. The number of thioether (sulfide) groups is 1. The highest BCUT2D eigenvalue weighted by molar-refractivity contribution is 7.98. The zero-order valence-electron chi connectivity index (χ0n) is 11.2. The van der Waals surface area contributed by atoms with Gasteiger partial charge < -0.3 is 10.6 Å². The zero-order valence-corrected chi connectivity index (χ0v) is 12.9. The quantitative estimate of drug-likeness (QED) is 0.631. The number of aryl methyl sites for hydroxylation is 1. The van der Waals surface area contributed by atoms with Crippen LogP contribution in [0, 0.1) is 6.92 Å². The lowest BCUT2D eigenvalue weighted by Crippen LogP contribution is -2.06. The summed E-state index contributed by atoms with van der Waals surface area (Å²) >= 11 is 3.19. The number of hydrogen-bond donors (Lipinski definition) is 2. The van der Waals surface area contributed by atoms with Gasteiger partial charge in [0.15, 0.2) is 5.16 Å². The Kier molecular flexibility index (Phi) is 4.98. The number of rotatable bonds is 6. The van der Waals surface area contributed by atoms with Gasteiger partial charge in [-0.3, -0.25) is 0 Å². The summed E-state index contributed by atoms with van der Waals surface area (Å²) in [7, 11) is 0. The smallest absolute Gasteiger partial charge is 0.191 e. The van der Waals surface area contributed by atoms with Gasteiger partial charge in [0.05, 0.1) is 17.7 Å². The van der Waals surface area contributed by atoms with Crippen molar-refractivity contribution in [3.63, 3.8) is 0 Å². The molecule has 0 spiro atoms. The second-order valence-electron chi connectivity index (χ2n) is 3.87. The summed E-state index contributed by atoms with van der Waals surface area (Å²) in [4.78, 5) is 14.3. The van der Waals surface area contributed by atoms with Gasteiger partial charge in [-0.05, 0) is 20.1 Å². The maximum atomic E-state index is 4.45. The van der Waals surface area contributed by atoms with Gasteiger partial charge in [-0.2, -0.15) is 0 Å². The fourth-order valence-electron chi connectivity index (χ4n) is 1.55. The largest absolute Gasteiger partial charge is 0.370 e. The van der Waals surface area contributed by atoms with Crippen molar-refractivity contribution in [1.82, 2.24) is 15.0 Å². The van der Waals surface area contributed by atoms with Crippen LogP contribution in [0.3, 0.4) is 0 Å². The molecule has 0 aliphatic heterocycles. The lowest BCUT2D eigenvalue weighted by Gasteiger charge is -2.09. The molecule has 0 amide bonds. The number of nitrogens with zero attached hydrogens (tertiary/aromatic N) is 3. The van der Waals surface area contributed by atoms with Gasteiger partial charge in [-0.1, -0.05) is 11.8 Å². The van der Waals surface area contributed by atoms with Crippen molar-refractivity contribution >= 4 is 34.7 Å². The van der Waals surface area contributed by atoms with E-state index in [2.05, 4.69) is 32.5 Å². The predicted molar refractivity (Wildman–Crippen MR) is 82.2 cm³/mol. The lowest BCUT2D eigenvalue weighted by atomic mass is 10.4. The lowest BCUT2D eigenvalue weighted by molar-refractivity contribution is 0.950. The molecule has 0 aromatic carbocycles. The monoisotopic (exact) mass is 295 g/mol. The van der Waals surface area contributed by atoms with Crippen LogP contribution in [0.15, 0.2) is 16.7 Å². The Hall–Kier alpha value is -1.34. The standard InChI is InChI=1S/C12H17N5S2/c1-4-13-10-5-11(17-12(16-10)18-3)14-6-9-8(2)15-7-19-9/h5,7H,4,6H2,1-3H3,(H2,13,14,16,17). The molecule has 19 heavy (non-hydrogen) atoms. The first kappa shape index (κ1) is 14.1. The summed E-state index contributed by atoms with van der Waals surface area (Å²) in [5.41, 5.74) is 2.94. The van der Waals surface area contributed by atoms with E-state index in [4.69, 9.17) is 0 Å². The molecule has 0 aliphatic carbocycles. The fraction of sp³-hybridized carbons (Fsp3) is 0.417. The molecule has 2 aromatic heterocycles. The molecule has 7 heteroatoms. The van der Waals surface area contributed by atoms with Gasteiger partial charge in [0, 0.05) is 17.5 Å². The fourth-order valence-corrected chi connectivity index (χ4v) is 2.64. The molecule has 2 heterocycles. The minimum atomic E-state index is 0.743. The topological polar surface area (TPSA) is 62.7 Å². The van der Waals surface area contributed by atoms with Crippen LogP contribution in [0.1, 0.15) is 17.5 Å². The minimum Gasteiger partial charge on any atom is -0.370 e. The Morgan fingerprint density at radius 3 is 2.58 bits per heavy atom. The van der Waals surface area contributed by atoms with Crippen LogP contribution in [-0.4, -0.2) is 27.8 Å². The Morgan fingerprint density at radius 1 is 1.26 bits per heavy atom. The highest BCUT2D eigenvalue weighted by atomic mass is 32.2. The second kappa shape index (κ2) is 6.72. The number of thiazole rings is 1. The summed E-state index contributed by atoms with van der Waals surface area (Å²) in [5.74, 6) is 1.69. The molecule has 2 N–H and O–H groups in total. The van der Waals surface area contributed by atoms with Crippen LogP contribution in [0.2, 0.25) is 0 Å². The van der Waals surface area contributed by atoms with Crippen molar-refractivity contribution in [2.45, 2.75) is 25.5 Å². The van der Waals surface area contributed by atoms with E-state index < -0.39 is 0 Å². The van der Waals surface area contributed by atoms with Crippen molar-refractivity contribution in [3.8, 4) is 0 Å². The molecule has 2 aromatic rings. The molecular weight excluding hydrogens is 278 g/mol. The predicted octanol–water partition coefficient (Wildman–Crippen LogP) is 3.01. The van der Waals surface area contributed by atoms with Gasteiger partial charge >= 0.3 is 0 Å². The van der Waals surface area contributed by atoms with E-state index >= 15 is 0 Å². The summed E-state index contributed by atoms with van der Waals surface area (Å²) in [5, 5.41) is 7.31. The molecule has 0 aliphatic rings. The SMILES string of the molecule is CCNc1cc(NCc2scnc2C)nc(SC)n1. The molecular formula is C12H17N5S2. The molecule has 0 saturated heterocycles. The Morgan fingerprint density at radius 2 is 2.00 bits per heavy atom. The van der Waals surface area contributed by atoms with Crippen molar-refractivity contribution in [3.05, 3.63) is 22.1 Å². The normalized spacial score (nSPS) is 10.5. The van der Waals surface area contributed by atoms with E-state index in [-0.39, 0.29) is 0 Å². The first-order chi connectivity index (χ1) is 9.22. The third-order valence-corrected chi connectivity index (χ3v) is 4.00. The van der Waals surface area contributed by atoms with Gasteiger partial charge in [0.1, 0.15) is 11.6 Å². The third-order valence-electron chi connectivity index (χ3n) is 2.52. The summed E-state index contributed by atoms with van der Waals surface area (Å²) in [6.45, 7) is 5.66. The van der Waals surface area contributed by atoms with E-state index in [1.54, 1.807) is 11.3 Å². The van der Waals surface area contributed by atoms with Crippen LogP contribution >= 0.6 is 23.1 Å². The molecule has 0 unspecified atom stereocenters. The van der Waals surface area contributed by atoms with Crippen molar-refractivity contribution in [2.75, 3.05) is 23.4 Å². The Labute approximate surface area is 121 Å². The van der Waals surface area contributed by atoms with E-state index in [1.165, 1.54) is 16.6 Å². The van der Waals surface area contributed by atoms with Gasteiger partial charge in [0.2, 0.25) is 0 Å².